The Labute approximate surface area is 177 Å². The number of hydrogen-bond acceptors (Lipinski definition) is 3. The second-order valence-corrected chi connectivity index (χ2v) is 7.15. The maximum Gasteiger partial charge on any atom is 0.270 e. The maximum atomic E-state index is 13.3. The number of ketones is 1. The highest BCUT2D eigenvalue weighted by Gasteiger charge is 2.32. The van der Waals surface area contributed by atoms with E-state index in [9.17, 15) is 4.79 Å². The number of nitrogens with one attached hydrogen (secondary N) is 1. The number of carbonyl (C=O) groups is 1. The number of nitrogens with zero attached hydrogens (tertiary/aromatic N) is 1. The van der Waals surface area contributed by atoms with Crippen molar-refractivity contribution in [3.8, 4) is 5.75 Å². The third-order valence-corrected chi connectivity index (χ3v) is 5.17. The lowest BCUT2D eigenvalue weighted by atomic mass is 10.0. The number of carbonyl (C=O) groups excluding carboxylic acids is 1. The van der Waals surface area contributed by atoms with E-state index in [1.807, 2.05) is 83.7 Å². The zero-order valence-corrected chi connectivity index (χ0v) is 17.5. The van der Waals surface area contributed by atoms with Gasteiger partial charge in [0.2, 0.25) is 5.78 Å². The molecule has 1 heterocycles. The van der Waals surface area contributed by atoms with E-state index < -0.39 is 6.04 Å². The number of methoxy groups -OCH3 is 1. The molecule has 0 bridgehead atoms. The van der Waals surface area contributed by atoms with Crippen molar-refractivity contribution in [3.05, 3.63) is 95.8 Å². The number of benzene rings is 2. The van der Waals surface area contributed by atoms with Gasteiger partial charge in [0.1, 0.15) is 5.75 Å². The molecular weight excluding hydrogens is 380 g/mol. The van der Waals surface area contributed by atoms with Gasteiger partial charge in [-0.2, -0.15) is 4.57 Å². The molecule has 0 amide bonds. The Morgan fingerprint density at radius 2 is 1.62 bits per heavy atom. The normalized spacial score (nSPS) is 11.5. The average Bonchev–Trinajstić information content (AvgIpc) is 2.79. The summed E-state index contributed by atoms with van der Waals surface area (Å²) in [6, 6.07) is 20.6. The highest BCUT2D eigenvalue weighted by atomic mass is 32.1. The van der Waals surface area contributed by atoms with Crippen LogP contribution in [0.4, 0.5) is 0 Å². The molecule has 0 saturated carbocycles. The minimum Gasteiger partial charge on any atom is -0.497 e. The molecule has 1 atom stereocenters. The van der Waals surface area contributed by atoms with Gasteiger partial charge >= 0.3 is 0 Å². The van der Waals surface area contributed by atoms with Crippen molar-refractivity contribution in [2.45, 2.75) is 25.9 Å². The van der Waals surface area contributed by atoms with Crippen LogP contribution in [-0.4, -0.2) is 17.9 Å². The quantitative estimate of drug-likeness (QED) is 0.348. The van der Waals surface area contributed by atoms with Crippen LogP contribution in [0.5, 0.6) is 5.75 Å². The Bertz CT molecular complexity index is 954. The first-order valence-electron chi connectivity index (χ1n) is 9.62. The van der Waals surface area contributed by atoms with E-state index in [-0.39, 0.29) is 5.78 Å². The summed E-state index contributed by atoms with van der Waals surface area (Å²) in [6.45, 7) is 2.63. The van der Waals surface area contributed by atoms with Crippen molar-refractivity contribution in [2.24, 2.45) is 0 Å². The zero-order valence-electron chi connectivity index (χ0n) is 16.7. The molecule has 0 aliphatic carbocycles. The highest BCUT2D eigenvalue weighted by Crippen LogP contribution is 2.14. The van der Waals surface area contributed by atoms with Crippen LogP contribution in [0.2, 0.25) is 0 Å². The Morgan fingerprint density at radius 3 is 2.21 bits per heavy atom. The molecule has 3 rings (SSSR count). The Balaban J connectivity index is 1.80. The first kappa shape index (κ1) is 20.7. The maximum absolute atomic E-state index is 13.3. The molecule has 0 fully saturated rings. The zero-order chi connectivity index (χ0) is 20.6. The van der Waals surface area contributed by atoms with Gasteiger partial charge in [0, 0.05) is 24.2 Å². The number of rotatable bonds is 8. The highest BCUT2D eigenvalue weighted by molar-refractivity contribution is 7.80. The lowest BCUT2D eigenvalue weighted by molar-refractivity contribution is -0.692. The molecule has 0 saturated heterocycles. The largest absolute Gasteiger partial charge is 0.497 e. The predicted molar refractivity (Wildman–Crippen MR) is 118 cm³/mol. The number of aromatic nitrogens is 1. The predicted octanol–water partition coefficient (Wildman–Crippen LogP) is 4.09. The van der Waals surface area contributed by atoms with Crippen molar-refractivity contribution in [3.63, 3.8) is 0 Å². The third kappa shape index (κ3) is 5.27. The van der Waals surface area contributed by atoms with E-state index in [0.717, 1.165) is 17.7 Å². The summed E-state index contributed by atoms with van der Waals surface area (Å²) in [5.74, 6) is 0.774. The standard InChI is InChI=1S/C24H24N2O2S/c1-3-18-7-11-20(12-8-18)23(27)22(26-15-5-4-6-16-26)24(29)25-17-19-9-13-21(28-2)14-10-19/h4-16,22H,3,17H2,1-2H3/p+1/t22-/m1/s1. The monoisotopic (exact) mass is 405 g/mol. The summed E-state index contributed by atoms with van der Waals surface area (Å²) in [5.41, 5.74) is 2.91. The van der Waals surface area contributed by atoms with Gasteiger partial charge in [-0.25, -0.2) is 0 Å². The number of hydrogen-bond donors (Lipinski definition) is 1. The lowest BCUT2D eigenvalue weighted by Gasteiger charge is -2.15. The second-order valence-electron chi connectivity index (χ2n) is 6.71. The molecule has 5 heteroatoms. The second kappa shape index (κ2) is 9.94. The minimum absolute atomic E-state index is 0.0314. The molecule has 1 aromatic heterocycles. The molecule has 0 aliphatic rings. The minimum atomic E-state index is -0.600. The summed E-state index contributed by atoms with van der Waals surface area (Å²) in [4.78, 5) is 13.8. The number of aryl methyl sites for hydroxylation is 1. The molecule has 0 spiro atoms. The Kier molecular flexibility index (Phi) is 7.09. The lowest BCUT2D eigenvalue weighted by Crippen LogP contribution is -2.51. The van der Waals surface area contributed by atoms with Gasteiger partial charge in [0.25, 0.3) is 6.04 Å². The fraction of sp³-hybridized carbons (Fsp3) is 0.208. The van der Waals surface area contributed by atoms with Gasteiger partial charge in [0.05, 0.1) is 7.11 Å². The van der Waals surface area contributed by atoms with E-state index in [1.54, 1.807) is 7.11 Å². The molecule has 0 radical (unpaired) electrons. The van der Waals surface area contributed by atoms with Crippen LogP contribution >= 0.6 is 12.2 Å². The van der Waals surface area contributed by atoms with Gasteiger partial charge in [0.15, 0.2) is 17.4 Å². The van der Waals surface area contributed by atoms with Gasteiger partial charge in [-0.05, 0) is 29.7 Å². The fourth-order valence-corrected chi connectivity index (χ4v) is 3.37. The topological polar surface area (TPSA) is 42.2 Å². The van der Waals surface area contributed by atoms with E-state index in [4.69, 9.17) is 17.0 Å². The summed E-state index contributed by atoms with van der Waals surface area (Å²) in [7, 11) is 1.64. The summed E-state index contributed by atoms with van der Waals surface area (Å²) in [6.07, 6.45) is 4.67. The van der Waals surface area contributed by atoms with Crippen LogP contribution in [0.15, 0.2) is 79.1 Å². The molecule has 0 unspecified atom stereocenters. The van der Waals surface area contributed by atoms with Crippen LogP contribution in [0.1, 0.15) is 34.5 Å². The Hall–Kier alpha value is -3.05. The first-order chi connectivity index (χ1) is 14.1. The van der Waals surface area contributed by atoms with Crippen LogP contribution in [0, 0.1) is 0 Å². The number of thiocarbonyl (C=S) groups is 1. The summed E-state index contributed by atoms with van der Waals surface area (Å²) in [5, 5.41) is 3.26. The molecule has 1 N–H and O–H groups in total. The van der Waals surface area contributed by atoms with Gasteiger partial charge in [-0.15, -0.1) is 0 Å². The third-order valence-electron chi connectivity index (χ3n) is 4.81. The van der Waals surface area contributed by atoms with Crippen molar-refractivity contribution in [1.82, 2.24) is 5.32 Å². The van der Waals surface area contributed by atoms with Crippen molar-refractivity contribution < 1.29 is 14.1 Å². The number of Topliss-reactive ketones (excluding diaryl/α,β-unsaturated/α-hetero) is 1. The molecule has 2 aromatic carbocycles. The van der Waals surface area contributed by atoms with Crippen LogP contribution in [0.25, 0.3) is 0 Å². The fourth-order valence-electron chi connectivity index (χ4n) is 3.07. The van der Waals surface area contributed by atoms with E-state index in [0.29, 0.717) is 17.1 Å². The Morgan fingerprint density at radius 1 is 1.00 bits per heavy atom. The number of pyridine rings is 1. The van der Waals surface area contributed by atoms with Gasteiger partial charge in [-0.1, -0.05) is 61.6 Å². The van der Waals surface area contributed by atoms with Crippen LogP contribution < -0.4 is 14.6 Å². The molecule has 3 aromatic rings. The van der Waals surface area contributed by atoms with E-state index in [2.05, 4.69) is 12.2 Å². The van der Waals surface area contributed by atoms with Crippen molar-refractivity contribution in [2.75, 3.05) is 7.11 Å². The van der Waals surface area contributed by atoms with E-state index in [1.165, 1.54) is 5.56 Å². The molecule has 0 aliphatic heterocycles. The van der Waals surface area contributed by atoms with Crippen molar-refractivity contribution in [1.29, 1.82) is 0 Å². The molecule has 29 heavy (non-hydrogen) atoms. The summed E-state index contributed by atoms with van der Waals surface area (Å²) < 4.78 is 7.04. The van der Waals surface area contributed by atoms with Crippen LogP contribution in [-0.2, 0) is 13.0 Å². The van der Waals surface area contributed by atoms with Crippen molar-refractivity contribution >= 4 is 23.0 Å². The average molecular weight is 406 g/mol. The number of ether oxygens (including phenoxy) is 1. The first-order valence-corrected chi connectivity index (χ1v) is 10.0. The summed E-state index contributed by atoms with van der Waals surface area (Å²) >= 11 is 5.65. The molecule has 4 nitrogen and oxygen atoms in total. The van der Waals surface area contributed by atoms with Gasteiger partial charge < -0.3 is 10.1 Å². The molecular formula is C24H25N2O2S+. The SMILES string of the molecule is CCc1ccc(C(=O)[C@H](C(=S)NCc2ccc(OC)cc2)[n+]2ccccc2)cc1. The smallest absolute Gasteiger partial charge is 0.270 e. The van der Waals surface area contributed by atoms with Gasteiger partial charge in [-0.3, -0.25) is 4.79 Å². The molecule has 148 valence electrons. The van der Waals surface area contributed by atoms with E-state index >= 15 is 0 Å². The van der Waals surface area contributed by atoms with Crippen LogP contribution in [0.3, 0.4) is 0 Å².